The Morgan fingerprint density at radius 2 is 1.89 bits per heavy atom. The van der Waals surface area contributed by atoms with Gasteiger partial charge in [-0.2, -0.15) is 33.7 Å². The summed E-state index contributed by atoms with van der Waals surface area (Å²) in [5.41, 5.74) is 0. The molecule has 0 bridgehead atoms. The minimum Gasteiger partial charge on any atom is -1.00 e. The second kappa shape index (κ2) is 5.29. The van der Waals surface area contributed by atoms with Crippen LogP contribution in [0.3, 0.4) is 0 Å². The van der Waals surface area contributed by atoms with E-state index in [4.69, 9.17) is 4.55 Å². The first kappa shape index (κ1) is 13.2. The molecule has 0 unspecified atom stereocenters. The van der Waals surface area contributed by atoms with Crippen molar-refractivity contribution in [1.82, 2.24) is 0 Å². The van der Waals surface area contributed by atoms with Crippen molar-refractivity contribution in [2.24, 2.45) is 0 Å². The molecule has 0 aliphatic heterocycles. The molecule has 0 saturated carbocycles. The fraction of sp³-hybridized carbons (Fsp3) is 1.00. The van der Waals surface area contributed by atoms with Crippen LogP contribution in [0.4, 0.5) is 0 Å². The summed E-state index contributed by atoms with van der Waals surface area (Å²) >= 11 is 7.23. The number of thiol groups is 2. The first-order chi connectivity index (χ1) is 3.42. The van der Waals surface area contributed by atoms with Gasteiger partial charge >= 0.3 is 29.6 Å². The largest absolute Gasteiger partial charge is 1.00 e. The van der Waals surface area contributed by atoms with Gasteiger partial charge in [0, 0.05) is 0 Å². The Morgan fingerprint density at radius 1 is 1.56 bits per heavy atom. The van der Waals surface area contributed by atoms with E-state index in [-0.39, 0.29) is 31.0 Å². The maximum absolute atomic E-state index is 9.90. The summed E-state index contributed by atoms with van der Waals surface area (Å²) < 4.78 is 27.3. The van der Waals surface area contributed by atoms with Crippen molar-refractivity contribution in [3.8, 4) is 0 Å². The first-order valence-electron chi connectivity index (χ1n) is 1.73. The molecule has 0 heterocycles. The molecule has 0 saturated heterocycles. The van der Waals surface area contributed by atoms with Crippen LogP contribution in [0.5, 0.6) is 0 Å². The molecule has 0 atom stereocenters. The van der Waals surface area contributed by atoms with Gasteiger partial charge in [-0.05, 0) is 0 Å². The van der Waals surface area contributed by atoms with Crippen LogP contribution in [0.25, 0.3) is 0 Å². The van der Waals surface area contributed by atoms with Gasteiger partial charge in [0.05, 0.1) is 10.3 Å². The summed E-state index contributed by atoms with van der Waals surface area (Å²) in [5.74, 6) is -0.417. The summed E-state index contributed by atoms with van der Waals surface area (Å²) in [6.07, 6.45) is 0. The Balaban J connectivity index is -0.000000245. The number of hydrogen-bond donors (Lipinski definition) is 3. The van der Waals surface area contributed by atoms with Crippen LogP contribution in [0.1, 0.15) is 1.43 Å². The Kier molecular flexibility index (Phi) is 7.76. The van der Waals surface area contributed by atoms with Gasteiger partial charge in [0.1, 0.15) is 0 Å². The van der Waals surface area contributed by atoms with Gasteiger partial charge in [-0.15, -0.1) is 0 Å². The van der Waals surface area contributed by atoms with Crippen molar-refractivity contribution in [3.63, 3.8) is 0 Å². The van der Waals surface area contributed by atoms with E-state index >= 15 is 0 Å². The van der Waals surface area contributed by atoms with E-state index in [1.807, 2.05) is 0 Å². The average Bonchev–Trinajstić information content (AvgIpc) is 1.21. The van der Waals surface area contributed by atoms with Crippen LogP contribution in [0.2, 0.25) is 0 Å². The van der Waals surface area contributed by atoms with E-state index in [1.165, 1.54) is 0 Å². The fourth-order valence-electron chi connectivity index (χ4n) is 0.188. The van der Waals surface area contributed by atoms with Crippen molar-refractivity contribution in [2.75, 3.05) is 5.75 Å². The number of rotatable bonds is 2. The zero-order valence-electron chi connectivity index (χ0n) is 5.85. The normalized spacial score (nSPS) is 11.1. The predicted octanol–water partition coefficient (Wildman–Crippen LogP) is -2.82. The molecule has 0 rings (SSSR count). The third-order valence-electron chi connectivity index (χ3n) is 0.360. The number of hydrogen-bond acceptors (Lipinski definition) is 4. The summed E-state index contributed by atoms with van der Waals surface area (Å²) in [7, 11) is -3.88. The van der Waals surface area contributed by atoms with E-state index in [9.17, 15) is 8.42 Å². The quantitative estimate of drug-likeness (QED) is 0.194. The van der Waals surface area contributed by atoms with Gasteiger partial charge in [0.25, 0.3) is 10.1 Å². The van der Waals surface area contributed by atoms with Crippen molar-refractivity contribution < 1.29 is 44.0 Å². The monoisotopic (exact) mass is 198 g/mol. The van der Waals surface area contributed by atoms with Gasteiger partial charge in [-0.1, -0.05) is 0 Å². The van der Waals surface area contributed by atoms with E-state index < -0.39 is 20.5 Å². The van der Waals surface area contributed by atoms with Crippen LogP contribution in [0, 0.1) is 0 Å². The summed E-state index contributed by atoms with van der Waals surface area (Å²) in [6.45, 7) is 0. The molecule has 3 nitrogen and oxygen atoms in total. The smallest absolute Gasteiger partial charge is 1.00 e. The van der Waals surface area contributed by atoms with E-state index in [2.05, 4.69) is 25.3 Å². The van der Waals surface area contributed by atoms with Crippen LogP contribution in [-0.2, 0) is 10.1 Å². The Labute approximate surface area is 88.9 Å². The van der Waals surface area contributed by atoms with Gasteiger partial charge in [-0.3, -0.25) is 4.55 Å². The molecule has 0 aliphatic rings. The molecule has 0 aromatic rings. The molecule has 9 heavy (non-hydrogen) atoms. The van der Waals surface area contributed by atoms with E-state index in [0.29, 0.717) is 0 Å². The van der Waals surface area contributed by atoms with Crippen LogP contribution < -0.4 is 29.6 Å². The van der Waals surface area contributed by atoms with Crippen LogP contribution >= 0.6 is 25.3 Å². The topological polar surface area (TPSA) is 54.4 Å². The summed E-state index contributed by atoms with van der Waals surface area (Å²) in [4.78, 5) is 0. The molecular formula is C2H7NaO3S3. The summed E-state index contributed by atoms with van der Waals surface area (Å²) in [5, 5.41) is 0. The summed E-state index contributed by atoms with van der Waals surface area (Å²) in [6, 6.07) is 0. The Hall–Kier alpha value is 1.61. The molecule has 0 aromatic heterocycles. The predicted molar refractivity (Wildman–Crippen MR) is 39.3 cm³/mol. The molecule has 0 aliphatic carbocycles. The van der Waals surface area contributed by atoms with Gasteiger partial charge in [-0.25, -0.2) is 0 Å². The SMILES string of the molecule is O=S(=O)(O)CC(S)S.[H-].[Na+]. The van der Waals surface area contributed by atoms with Crippen molar-refractivity contribution in [2.45, 2.75) is 4.58 Å². The van der Waals surface area contributed by atoms with Crippen molar-refractivity contribution in [3.05, 3.63) is 0 Å². The Bertz CT molecular complexity index is 155. The van der Waals surface area contributed by atoms with E-state index in [1.54, 1.807) is 0 Å². The third-order valence-corrected chi connectivity index (χ3v) is 1.97. The maximum atomic E-state index is 9.90. The average molecular weight is 198 g/mol. The minimum absolute atomic E-state index is 0. The molecule has 0 amide bonds. The standard InChI is InChI=1S/C2H6O3S3.Na.H/c3-8(4,5)1-2(6)7;;/h2,6-7H,1H2,(H,3,4,5);;/q;+1;-1. The van der Waals surface area contributed by atoms with Crippen molar-refractivity contribution in [1.29, 1.82) is 0 Å². The maximum Gasteiger partial charge on any atom is 1.00 e. The van der Waals surface area contributed by atoms with Gasteiger partial charge in [0.15, 0.2) is 0 Å². The van der Waals surface area contributed by atoms with Gasteiger partial charge in [0.2, 0.25) is 0 Å². The third kappa shape index (κ3) is 12.7. The minimum atomic E-state index is -3.88. The van der Waals surface area contributed by atoms with E-state index in [0.717, 1.165) is 0 Å². The molecule has 0 aromatic carbocycles. The molecule has 0 radical (unpaired) electrons. The molecule has 1 N–H and O–H groups in total. The van der Waals surface area contributed by atoms with Gasteiger partial charge < -0.3 is 1.43 Å². The zero-order valence-corrected chi connectivity index (χ0v) is 9.46. The first-order valence-corrected chi connectivity index (χ1v) is 4.37. The second-order valence-corrected chi connectivity index (χ2v) is 4.38. The van der Waals surface area contributed by atoms with Crippen LogP contribution in [0.15, 0.2) is 0 Å². The molecular weight excluding hydrogens is 191 g/mol. The molecule has 0 fully saturated rings. The second-order valence-electron chi connectivity index (χ2n) is 1.23. The molecule has 0 spiro atoms. The molecule has 7 heteroatoms. The zero-order chi connectivity index (χ0) is 6.78. The van der Waals surface area contributed by atoms with Crippen molar-refractivity contribution >= 4 is 35.4 Å². The Morgan fingerprint density at radius 3 is 1.89 bits per heavy atom. The molecule has 52 valence electrons. The fourth-order valence-corrected chi connectivity index (χ4v) is 1.70. The van der Waals surface area contributed by atoms with Crippen LogP contribution in [-0.4, -0.2) is 23.3 Å².